The Bertz CT molecular complexity index is 1550. The third-order valence-corrected chi connectivity index (χ3v) is 7.22. The molecule has 5 aromatic rings. The molecule has 1 atom stereocenters. The zero-order chi connectivity index (χ0) is 26.3. The highest BCUT2D eigenvalue weighted by Crippen LogP contribution is 2.29. The van der Waals surface area contributed by atoms with Crippen LogP contribution in [0.1, 0.15) is 25.0 Å². The number of rotatable bonds is 6. The summed E-state index contributed by atoms with van der Waals surface area (Å²) < 4.78 is 17.1. The molecule has 6 rings (SSSR count). The number of hydrogen-bond donors (Lipinski definition) is 1. The van der Waals surface area contributed by atoms with Crippen LogP contribution in [0.3, 0.4) is 0 Å². The van der Waals surface area contributed by atoms with Crippen molar-refractivity contribution in [1.82, 2.24) is 34.3 Å². The predicted molar refractivity (Wildman–Crippen MR) is 143 cm³/mol. The molecule has 1 aliphatic heterocycles. The molecule has 5 heterocycles. The summed E-state index contributed by atoms with van der Waals surface area (Å²) in [5, 5.41) is 8.81. The third kappa shape index (κ3) is 4.34. The van der Waals surface area contributed by atoms with Crippen LogP contribution in [0.15, 0.2) is 67.6 Å². The van der Waals surface area contributed by atoms with Gasteiger partial charge in [0.1, 0.15) is 17.7 Å². The van der Waals surface area contributed by atoms with Crippen LogP contribution in [0.25, 0.3) is 16.6 Å². The average Bonchev–Trinajstić information content (AvgIpc) is 3.61. The second-order valence-electron chi connectivity index (χ2n) is 9.68. The molecule has 0 aliphatic carbocycles. The summed E-state index contributed by atoms with van der Waals surface area (Å²) >= 11 is 0. The molecule has 0 radical (unpaired) electrons. The molecule has 1 aromatic carbocycles. The lowest BCUT2D eigenvalue weighted by molar-refractivity contribution is 0.585. The van der Waals surface area contributed by atoms with Gasteiger partial charge < -0.3 is 15.5 Å². The van der Waals surface area contributed by atoms with E-state index in [0.717, 1.165) is 66.3 Å². The number of hydrogen-bond acceptors (Lipinski definition) is 8. The van der Waals surface area contributed by atoms with Crippen LogP contribution >= 0.6 is 0 Å². The number of anilines is 2. The topological polar surface area (TPSA) is 106 Å². The Morgan fingerprint density at radius 1 is 0.868 bits per heavy atom. The number of halogens is 1. The van der Waals surface area contributed by atoms with Crippen molar-refractivity contribution in [2.75, 3.05) is 36.0 Å². The second-order valence-corrected chi connectivity index (χ2v) is 9.68. The van der Waals surface area contributed by atoms with Gasteiger partial charge in [-0.25, -0.2) is 23.9 Å². The van der Waals surface area contributed by atoms with Crippen molar-refractivity contribution in [2.24, 2.45) is 5.73 Å². The van der Waals surface area contributed by atoms with Gasteiger partial charge in [0.05, 0.1) is 11.7 Å². The van der Waals surface area contributed by atoms with Gasteiger partial charge >= 0.3 is 0 Å². The Balaban J connectivity index is 1.16. The average molecular weight is 513 g/mol. The lowest BCUT2D eigenvalue weighted by atomic mass is 9.87. The zero-order valence-corrected chi connectivity index (χ0v) is 21.4. The molecule has 2 N–H and O–H groups in total. The zero-order valence-electron chi connectivity index (χ0n) is 21.4. The monoisotopic (exact) mass is 512 g/mol. The van der Waals surface area contributed by atoms with Gasteiger partial charge in [-0.3, -0.25) is 4.68 Å². The third-order valence-electron chi connectivity index (χ3n) is 7.22. The van der Waals surface area contributed by atoms with Crippen molar-refractivity contribution < 1.29 is 4.39 Å². The summed E-state index contributed by atoms with van der Waals surface area (Å²) in [5.74, 6) is 1.27. The molecule has 0 unspecified atom stereocenters. The van der Waals surface area contributed by atoms with E-state index in [1.54, 1.807) is 30.9 Å². The van der Waals surface area contributed by atoms with Crippen molar-refractivity contribution in [3.8, 4) is 11.1 Å². The minimum Gasteiger partial charge on any atom is -0.351 e. The summed E-state index contributed by atoms with van der Waals surface area (Å²) in [6.45, 7) is 7.83. The predicted octanol–water partition coefficient (Wildman–Crippen LogP) is 3.09. The van der Waals surface area contributed by atoms with Gasteiger partial charge in [-0.15, -0.1) is 0 Å². The Morgan fingerprint density at radius 3 is 2.26 bits per heavy atom. The summed E-state index contributed by atoms with van der Waals surface area (Å²) in [6.07, 6.45) is 11.0. The largest absolute Gasteiger partial charge is 0.351 e. The van der Waals surface area contributed by atoms with Gasteiger partial charge in [0.2, 0.25) is 5.95 Å². The molecule has 194 valence electrons. The molecule has 10 nitrogen and oxygen atoms in total. The van der Waals surface area contributed by atoms with E-state index in [4.69, 9.17) is 5.73 Å². The highest BCUT2D eigenvalue weighted by Gasteiger charge is 2.26. The number of nitrogens with two attached hydrogens (primary N) is 1. The number of benzene rings is 1. The Morgan fingerprint density at radius 2 is 1.58 bits per heavy atom. The number of nitrogens with zero attached hydrogens (tertiary/aromatic N) is 9. The molecule has 0 amide bonds. The minimum absolute atomic E-state index is 0.292. The highest BCUT2D eigenvalue weighted by molar-refractivity contribution is 5.77. The number of aryl methyl sites for hydroxylation is 1. The van der Waals surface area contributed by atoms with Gasteiger partial charge in [0.25, 0.3) is 0 Å². The number of piperazine rings is 1. The Labute approximate surface area is 219 Å². The van der Waals surface area contributed by atoms with Crippen molar-refractivity contribution >= 4 is 17.3 Å². The van der Waals surface area contributed by atoms with E-state index in [9.17, 15) is 4.39 Å². The minimum atomic E-state index is -0.825. The standard InChI is InChI=1S/C27H29FN10/c1-3-37-16-20(13-33-37)19-12-24-25(32-18-34-38(24)17-19)35-8-10-36(11-9-35)26-30-14-22(15-31-26)27(2,29)21-4-6-23(28)7-5-21/h4-7,12-18H,3,8-11,29H2,1-2H3/t27-/m0/s1. The Hall–Kier alpha value is -4.38. The van der Waals surface area contributed by atoms with Crippen molar-refractivity contribution in [2.45, 2.75) is 25.9 Å². The molecule has 11 heteroatoms. The van der Waals surface area contributed by atoms with E-state index in [2.05, 4.69) is 47.9 Å². The van der Waals surface area contributed by atoms with Crippen LogP contribution in [0.2, 0.25) is 0 Å². The Kier molecular flexibility index (Phi) is 5.99. The molecule has 1 saturated heterocycles. The van der Waals surface area contributed by atoms with Crippen molar-refractivity contribution in [3.05, 3.63) is 84.6 Å². The van der Waals surface area contributed by atoms with Crippen LogP contribution in [0, 0.1) is 5.82 Å². The van der Waals surface area contributed by atoms with Gasteiger partial charge in [-0.2, -0.15) is 10.2 Å². The fraction of sp³-hybridized carbons (Fsp3) is 0.296. The molecular formula is C27H29FN10. The van der Waals surface area contributed by atoms with E-state index in [1.807, 2.05) is 34.7 Å². The maximum Gasteiger partial charge on any atom is 0.225 e. The fourth-order valence-electron chi connectivity index (χ4n) is 4.84. The maximum absolute atomic E-state index is 13.3. The summed E-state index contributed by atoms with van der Waals surface area (Å²) in [6, 6.07) is 8.33. The van der Waals surface area contributed by atoms with Gasteiger partial charge in [-0.1, -0.05) is 12.1 Å². The summed E-state index contributed by atoms with van der Waals surface area (Å²) in [4.78, 5) is 18.3. The lowest BCUT2D eigenvalue weighted by Gasteiger charge is -2.35. The summed E-state index contributed by atoms with van der Waals surface area (Å²) in [7, 11) is 0. The van der Waals surface area contributed by atoms with Crippen molar-refractivity contribution in [1.29, 1.82) is 0 Å². The van der Waals surface area contributed by atoms with Gasteiger partial charge in [-0.05, 0) is 37.6 Å². The molecule has 0 bridgehead atoms. The smallest absolute Gasteiger partial charge is 0.225 e. The van der Waals surface area contributed by atoms with Crippen molar-refractivity contribution in [3.63, 3.8) is 0 Å². The second kappa shape index (κ2) is 9.49. The van der Waals surface area contributed by atoms with Crippen LogP contribution in [-0.4, -0.2) is 60.5 Å². The quantitative estimate of drug-likeness (QED) is 0.370. The first kappa shape index (κ1) is 24.0. The van der Waals surface area contributed by atoms with Gasteiger partial charge in [0, 0.05) is 74.2 Å². The highest BCUT2D eigenvalue weighted by atomic mass is 19.1. The first-order chi connectivity index (χ1) is 18.4. The van der Waals surface area contributed by atoms with E-state index in [0.29, 0.717) is 5.95 Å². The number of fused-ring (bicyclic) bond motifs is 1. The molecule has 38 heavy (non-hydrogen) atoms. The lowest BCUT2D eigenvalue weighted by Crippen LogP contribution is -2.47. The first-order valence-electron chi connectivity index (χ1n) is 12.7. The van der Waals surface area contributed by atoms with Crippen LogP contribution < -0.4 is 15.5 Å². The summed E-state index contributed by atoms with van der Waals surface area (Å²) in [5.41, 5.74) is 10.4. The first-order valence-corrected chi connectivity index (χ1v) is 12.7. The van der Waals surface area contributed by atoms with Crippen LogP contribution in [-0.2, 0) is 12.1 Å². The number of aromatic nitrogens is 7. The normalized spacial score (nSPS) is 15.7. The van der Waals surface area contributed by atoms with E-state index >= 15 is 0 Å². The SMILES string of the molecule is CCn1cc(-c2cc3c(N4CCN(c5ncc([C@@](C)(N)c6ccc(F)cc6)cn5)CC4)ncnn3c2)cn1. The van der Waals surface area contributed by atoms with Gasteiger partial charge in [0.15, 0.2) is 5.82 Å². The maximum atomic E-state index is 13.3. The molecule has 0 spiro atoms. The van der Waals surface area contributed by atoms with Crippen LogP contribution in [0.4, 0.5) is 16.2 Å². The van der Waals surface area contributed by atoms with E-state index in [-0.39, 0.29) is 5.82 Å². The molecule has 4 aromatic heterocycles. The molecule has 1 aliphatic rings. The molecular weight excluding hydrogens is 483 g/mol. The van der Waals surface area contributed by atoms with Crippen LogP contribution in [0.5, 0.6) is 0 Å². The molecule has 0 saturated carbocycles. The molecule has 1 fully saturated rings. The van der Waals surface area contributed by atoms with E-state index < -0.39 is 5.54 Å². The fourth-order valence-corrected chi connectivity index (χ4v) is 4.84. The van der Waals surface area contributed by atoms with E-state index in [1.165, 1.54) is 12.1 Å².